The van der Waals surface area contributed by atoms with Crippen molar-refractivity contribution in [3.63, 3.8) is 0 Å². The molecular weight excluding hydrogens is 375 g/mol. The zero-order valence-electron chi connectivity index (χ0n) is 14.3. The molecule has 1 saturated heterocycles. The topological polar surface area (TPSA) is 15.3 Å². The minimum atomic E-state index is 0. The van der Waals surface area contributed by atoms with E-state index in [-0.39, 0.29) is 24.8 Å². The van der Waals surface area contributed by atoms with Crippen LogP contribution in [0.3, 0.4) is 0 Å². The number of rotatable bonds is 6. The predicted molar refractivity (Wildman–Crippen MR) is 113 cm³/mol. The number of benzene rings is 2. The fourth-order valence-electron chi connectivity index (χ4n) is 3.49. The van der Waals surface area contributed by atoms with Gasteiger partial charge < -0.3 is 5.32 Å². The van der Waals surface area contributed by atoms with Crippen molar-refractivity contribution in [3.05, 3.63) is 71.8 Å². The first-order valence-corrected chi connectivity index (χ1v) is 9.05. The number of halogens is 3. The zero-order chi connectivity index (χ0) is 15.9. The molecule has 0 aromatic heterocycles. The Morgan fingerprint density at radius 2 is 1.52 bits per heavy atom. The van der Waals surface area contributed by atoms with Gasteiger partial charge in [0.05, 0.1) is 6.04 Å². The minimum Gasteiger partial charge on any atom is -0.311 e. The highest BCUT2D eigenvalue weighted by Crippen LogP contribution is 2.29. The lowest BCUT2D eigenvalue weighted by molar-refractivity contribution is 0.159. The van der Waals surface area contributed by atoms with E-state index >= 15 is 0 Å². The standard InChI is InChI=1S/C20H25ClN2.2ClH/c21-13-7-12-19-16-23(15-14-22-19)20(17-8-3-1-4-9-17)18-10-5-2-6-11-18;;/h1-6,8-11,19-20,22H,7,12-16H2;2*1H. The van der Waals surface area contributed by atoms with Crippen LogP contribution in [0.4, 0.5) is 0 Å². The molecule has 1 unspecified atom stereocenters. The predicted octanol–water partition coefficient (Wildman–Crippen LogP) is 4.91. The van der Waals surface area contributed by atoms with Gasteiger partial charge in [-0.15, -0.1) is 36.4 Å². The van der Waals surface area contributed by atoms with Gasteiger partial charge in [-0.3, -0.25) is 4.90 Å². The zero-order valence-corrected chi connectivity index (χ0v) is 16.7. The highest BCUT2D eigenvalue weighted by molar-refractivity contribution is 6.17. The molecule has 1 fully saturated rings. The van der Waals surface area contributed by atoms with Gasteiger partial charge in [0.25, 0.3) is 0 Å². The highest BCUT2D eigenvalue weighted by Gasteiger charge is 2.27. The average Bonchev–Trinajstić information content (AvgIpc) is 2.62. The third kappa shape index (κ3) is 6.16. The van der Waals surface area contributed by atoms with E-state index in [1.165, 1.54) is 11.1 Å². The van der Waals surface area contributed by atoms with Crippen molar-refractivity contribution in [3.8, 4) is 0 Å². The summed E-state index contributed by atoms with van der Waals surface area (Å²) in [6.07, 6.45) is 2.23. The molecule has 0 saturated carbocycles. The summed E-state index contributed by atoms with van der Waals surface area (Å²) in [5, 5.41) is 3.64. The summed E-state index contributed by atoms with van der Waals surface area (Å²) in [6.45, 7) is 3.19. The monoisotopic (exact) mass is 400 g/mol. The molecule has 3 rings (SSSR count). The van der Waals surface area contributed by atoms with E-state index in [1.54, 1.807) is 0 Å². The molecule has 2 aromatic rings. The van der Waals surface area contributed by atoms with Gasteiger partial charge in [0, 0.05) is 31.6 Å². The first-order chi connectivity index (χ1) is 11.4. The molecule has 5 heteroatoms. The molecule has 138 valence electrons. The van der Waals surface area contributed by atoms with E-state index in [4.69, 9.17) is 11.6 Å². The lowest BCUT2D eigenvalue weighted by Gasteiger charge is -2.39. The van der Waals surface area contributed by atoms with E-state index in [0.29, 0.717) is 12.1 Å². The van der Waals surface area contributed by atoms with Crippen LogP contribution in [0.2, 0.25) is 0 Å². The van der Waals surface area contributed by atoms with Crippen LogP contribution in [0, 0.1) is 0 Å². The van der Waals surface area contributed by atoms with Crippen molar-refractivity contribution < 1.29 is 0 Å². The minimum absolute atomic E-state index is 0. The first kappa shape index (κ1) is 22.3. The molecule has 0 amide bonds. The van der Waals surface area contributed by atoms with Crippen LogP contribution >= 0.6 is 36.4 Å². The molecule has 1 heterocycles. The van der Waals surface area contributed by atoms with Crippen molar-refractivity contribution >= 4 is 36.4 Å². The maximum Gasteiger partial charge on any atom is 0.0602 e. The maximum atomic E-state index is 5.87. The molecule has 1 N–H and O–H groups in total. The molecule has 2 aromatic carbocycles. The Morgan fingerprint density at radius 3 is 2.04 bits per heavy atom. The van der Waals surface area contributed by atoms with E-state index in [2.05, 4.69) is 70.9 Å². The van der Waals surface area contributed by atoms with Gasteiger partial charge in [0.15, 0.2) is 0 Å². The van der Waals surface area contributed by atoms with Gasteiger partial charge in [-0.25, -0.2) is 0 Å². The van der Waals surface area contributed by atoms with Gasteiger partial charge in [0.1, 0.15) is 0 Å². The van der Waals surface area contributed by atoms with Gasteiger partial charge in [-0.05, 0) is 24.0 Å². The van der Waals surface area contributed by atoms with Gasteiger partial charge >= 0.3 is 0 Å². The second kappa shape index (κ2) is 11.8. The molecular formula is C20H27Cl3N2. The Labute approximate surface area is 168 Å². The Balaban J connectivity index is 0.00000156. The largest absolute Gasteiger partial charge is 0.311 e. The maximum absolute atomic E-state index is 5.87. The highest BCUT2D eigenvalue weighted by atomic mass is 35.5. The van der Waals surface area contributed by atoms with Gasteiger partial charge in [-0.1, -0.05) is 60.7 Å². The van der Waals surface area contributed by atoms with Crippen molar-refractivity contribution in [2.24, 2.45) is 0 Å². The third-order valence-corrected chi connectivity index (χ3v) is 4.84. The third-order valence-electron chi connectivity index (χ3n) is 4.57. The Bertz CT molecular complexity index is 541. The number of hydrogen-bond acceptors (Lipinski definition) is 2. The first-order valence-electron chi connectivity index (χ1n) is 8.52. The van der Waals surface area contributed by atoms with E-state index in [1.807, 2.05) is 0 Å². The summed E-state index contributed by atoms with van der Waals surface area (Å²) in [5.41, 5.74) is 2.74. The van der Waals surface area contributed by atoms with E-state index < -0.39 is 0 Å². The fourth-order valence-corrected chi connectivity index (χ4v) is 3.64. The van der Waals surface area contributed by atoms with Crippen LogP contribution in [-0.4, -0.2) is 36.5 Å². The molecule has 0 bridgehead atoms. The summed E-state index contributed by atoms with van der Waals surface area (Å²) in [6, 6.07) is 22.6. The fraction of sp³-hybridized carbons (Fsp3) is 0.400. The van der Waals surface area contributed by atoms with Crippen molar-refractivity contribution in [2.75, 3.05) is 25.5 Å². The second-order valence-corrected chi connectivity index (χ2v) is 6.58. The summed E-state index contributed by atoms with van der Waals surface area (Å²) in [7, 11) is 0. The van der Waals surface area contributed by atoms with E-state index in [9.17, 15) is 0 Å². The molecule has 0 radical (unpaired) electrons. The summed E-state index contributed by atoms with van der Waals surface area (Å²) < 4.78 is 0. The van der Waals surface area contributed by atoms with Gasteiger partial charge in [0.2, 0.25) is 0 Å². The van der Waals surface area contributed by atoms with E-state index in [0.717, 1.165) is 38.4 Å². The number of hydrogen-bond donors (Lipinski definition) is 1. The lowest BCUT2D eigenvalue weighted by Crippen LogP contribution is -2.51. The van der Waals surface area contributed by atoms with Crippen LogP contribution in [0.15, 0.2) is 60.7 Å². The molecule has 0 spiro atoms. The molecule has 2 nitrogen and oxygen atoms in total. The number of nitrogens with zero attached hydrogens (tertiary/aromatic N) is 1. The van der Waals surface area contributed by atoms with Crippen LogP contribution < -0.4 is 5.32 Å². The molecule has 25 heavy (non-hydrogen) atoms. The summed E-state index contributed by atoms with van der Waals surface area (Å²) >= 11 is 5.87. The smallest absolute Gasteiger partial charge is 0.0602 e. The van der Waals surface area contributed by atoms with Crippen LogP contribution in [0.1, 0.15) is 30.0 Å². The Hall–Kier alpha value is -0.770. The van der Waals surface area contributed by atoms with Crippen molar-refractivity contribution in [1.82, 2.24) is 10.2 Å². The lowest BCUT2D eigenvalue weighted by atomic mass is 9.95. The number of piperazine rings is 1. The number of nitrogens with one attached hydrogen (secondary N) is 1. The number of alkyl halides is 1. The van der Waals surface area contributed by atoms with Crippen LogP contribution in [0.5, 0.6) is 0 Å². The van der Waals surface area contributed by atoms with Crippen molar-refractivity contribution in [1.29, 1.82) is 0 Å². The molecule has 0 aliphatic carbocycles. The molecule has 1 aliphatic heterocycles. The van der Waals surface area contributed by atoms with Crippen LogP contribution in [0.25, 0.3) is 0 Å². The normalized spacial score (nSPS) is 17.6. The quantitative estimate of drug-likeness (QED) is 0.692. The summed E-state index contributed by atoms with van der Waals surface area (Å²) in [4.78, 5) is 2.61. The molecule has 1 aliphatic rings. The van der Waals surface area contributed by atoms with Crippen molar-refractivity contribution in [2.45, 2.75) is 24.9 Å². The average molecular weight is 402 g/mol. The van der Waals surface area contributed by atoms with Crippen LogP contribution in [-0.2, 0) is 0 Å². The summed E-state index contributed by atoms with van der Waals surface area (Å²) in [5.74, 6) is 0.749. The second-order valence-electron chi connectivity index (χ2n) is 6.20. The van der Waals surface area contributed by atoms with Gasteiger partial charge in [-0.2, -0.15) is 0 Å². The Morgan fingerprint density at radius 1 is 0.960 bits per heavy atom. The SMILES string of the molecule is Cl.Cl.ClCCCC1CN(C(c2ccccc2)c2ccccc2)CCN1. The molecule has 1 atom stereocenters. The Kier molecular flexibility index (Phi) is 10.5.